The van der Waals surface area contributed by atoms with Crippen molar-refractivity contribution >= 4 is 23.2 Å². The van der Waals surface area contributed by atoms with Gasteiger partial charge in [0.2, 0.25) is 0 Å². The standard InChI is InChI=1S/C27H26N2O3S/c1-16-5-7-17(8-6-16)13-22-25(31)29-24(18-9-11-19(32-4)12-10-18)23-20(28-26(29)33-22)14-27(2,3)15-21(23)30/h5-13,24H,14-15H2,1-4H3. The van der Waals surface area contributed by atoms with Crippen molar-refractivity contribution in [3.05, 3.63) is 96.2 Å². The number of thiazole rings is 1. The Morgan fingerprint density at radius 2 is 1.76 bits per heavy atom. The molecule has 0 N–H and O–H groups in total. The number of allylic oxidation sites excluding steroid dienone is 2. The van der Waals surface area contributed by atoms with Crippen molar-refractivity contribution in [1.82, 2.24) is 4.57 Å². The van der Waals surface area contributed by atoms with Gasteiger partial charge in [-0.05, 0) is 48.1 Å². The van der Waals surface area contributed by atoms with Gasteiger partial charge in [-0.3, -0.25) is 14.2 Å². The first-order valence-corrected chi connectivity index (χ1v) is 11.9. The molecular formula is C27H26N2O3S. The number of aryl methyl sites for hydroxylation is 1. The highest BCUT2D eigenvalue weighted by atomic mass is 32.1. The second-order valence-electron chi connectivity index (χ2n) is 9.57. The van der Waals surface area contributed by atoms with E-state index in [-0.39, 0.29) is 16.8 Å². The van der Waals surface area contributed by atoms with Crippen LogP contribution in [0.4, 0.5) is 0 Å². The van der Waals surface area contributed by atoms with Crippen molar-refractivity contribution in [3.8, 4) is 5.75 Å². The zero-order chi connectivity index (χ0) is 23.3. The minimum atomic E-state index is -0.481. The summed E-state index contributed by atoms with van der Waals surface area (Å²) in [6.45, 7) is 6.23. The predicted molar refractivity (Wildman–Crippen MR) is 130 cm³/mol. The van der Waals surface area contributed by atoms with E-state index in [0.29, 0.717) is 27.7 Å². The van der Waals surface area contributed by atoms with Gasteiger partial charge in [0.1, 0.15) is 5.75 Å². The number of carbonyl (C=O) groups excluding carboxylic acids is 1. The first kappa shape index (κ1) is 21.6. The number of Topliss-reactive ketones (excluding diaryl/α,β-unsaturated/α-hetero) is 1. The smallest absolute Gasteiger partial charge is 0.271 e. The summed E-state index contributed by atoms with van der Waals surface area (Å²) < 4.78 is 7.62. The molecule has 0 bridgehead atoms. The topological polar surface area (TPSA) is 60.7 Å². The summed E-state index contributed by atoms with van der Waals surface area (Å²) in [6.07, 6.45) is 3.07. The Hall–Kier alpha value is -3.25. The van der Waals surface area contributed by atoms with Crippen molar-refractivity contribution in [1.29, 1.82) is 0 Å². The fourth-order valence-corrected chi connectivity index (χ4v) is 5.68. The predicted octanol–water partition coefficient (Wildman–Crippen LogP) is 3.92. The van der Waals surface area contributed by atoms with Gasteiger partial charge in [-0.1, -0.05) is 67.1 Å². The lowest BCUT2D eigenvalue weighted by atomic mass is 9.73. The van der Waals surface area contributed by atoms with Gasteiger partial charge >= 0.3 is 0 Å². The average molecular weight is 459 g/mol. The number of hydrogen-bond acceptors (Lipinski definition) is 5. The number of benzene rings is 2. The van der Waals surface area contributed by atoms with Crippen LogP contribution in [0.1, 0.15) is 49.4 Å². The van der Waals surface area contributed by atoms with Crippen LogP contribution in [0.25, 0.3) is 6.08 Å². The molecule has 1 aromatic heterocycles. The van der Waals surface area contributed by atoms with E-state index in [1.165, 1.54) is 16.9 Å². The number of ether oxygens (including phenoxy) is 1. The van der Waals surface area contributed by atoms with E-state index in [9.17, 15) is 9.59 Å². The van der Waals surface area contributed by atoms with Crippen LogP contribution in [0.3, 0.4) is 0 Å². The molecule has 0 saturated heterocycles. The quantitative estimate of drug-likeness (QED) is 0.598. The molecule has 1 unspecified atom stereocenters. The fraction of sp³-hybridized carbons (Fsp3) is 0.296. The van der Waals surface area contributed by atoms with Crippen LogP contribution >= 0.6 is 11.3 Å². The SMILES string of the molecule is COc1ccc(C2C3=C(CC(C)(C)CC3=O)N=c3sc(=Cc4ccc(C)cc4)c(=O)n32)cc1. The van der Waals surface area contributed by atoms with Gasteiger partial charge in [0, 0.05) is 12.0 Å². The van der Waals surface area contributed by atoms with Crippen LogP contribution in [-0.4, -0.2) is 17.5 Å². The van der Waals surface area contributed by atoms with Crippen molar-refractivity contribution in [2.45, 2.75) is 39.7 Å². The van der Waals surface area contributed by atoms with E-state index < -0.39 is 6.04 Å². The van der Waals surface area contributed by atoms with Crippen molar-refractivity contribution in [2.24, 2.45) is 10.4 Å². The summed E-state index contributed by atoms with van der Waals surface area (Å²) in [5.74, 6) is 0.800. The van der Waals surface area contributed by atoms with Gasteiger partial charge in [-0.2, -0.15) is 0 Å². The molecule has 1 aliphatic heterocycles. The third-order valence-electron chi connectivity index (χ3n) is 6.30. The maximum absolute atomic E-state index is 13.6. The van der Waals surface area contributed by atoms with Crippen molar-refractivity contribution in [3.63, 3.8) is 0 Å². The van der Waals surface area contributed by atoms with E-state index in [1.54, 1.807) is 11.7 Å². The van der Waals surface area contributed by atoms with Crippen LogP contribution in [0.2, 0.25) is 0 Å². The summed E-state index contributed by atoms with van der Waals surface area (Å²) in [4.78, 5) is 32.5. The minimum Gasteiger partial charge on any atom is -0.497 e. The maximum atomic E-state index is 13.6. The molecule has 33 heavy (non-hydrogen) atoms. The Morgan fingerprint density at radius 3 is 2.42 bits per heavy atom. The van der Waals surface area contributed by atoms with Gasteiger partial charge in [-0.15, -0.1) is 0 Å². The molecule has 0 amide bonds. The maximum Gasteiger partial charge on any atom is 0.271 e. The Kier molecular flexibility index (Phi) is 5.20. The molecule has 0 radical (unpaired) electrons. The molecule has 3 aromatic rings. The first-order valence-electron chi connectivity index (χ1n) is 11.0. The van der Waals surface area contributed by atoms with Crippen LogP contribution in [0, 0.1) is 12.3 Å². The lowest BCUT2D eigenvalue weighted by Gasteiger charge is -2.35. The third-order valence-corrected chi connectivity index (χ3v) is 7.29. The first-order chi connectivity index (χ1) is 15.8. The zero-order valence-corrected chi connectivity index (χ0v) is 20.0. The lowest BCUT2D eigenvalue weighted by Crippen LogP contribution is -2.42. The number of aromatic nitrogens is 1. The average Bonchev–Trinajstić information content (AvgIpc) is 3.08. The van der Waals surface area contributed by atoms with Gasteiger partial charge < -0.3 is 4.74 Å². The molecule has 6 heteroatoms. The molecule has 168 valence electrons. The van der Waals surface area contributed by atoms with Crippen LogP contribution in [0.15, 0.2) is 69.6 Å². The van der Waals surface area contributed by atoms with Gasteiger partial charge in [-0.25, -0.2) is 4.99 Å². The third kappa shape index (κ3) is 3.89. The second kappa shape index (κ2) is 7.96. The molecular weight excluding hydrogens is 432 g/mol. The van der Waals surface area contributed by atoms with Crippen molar-refractivity contribution in [2.75, 3.05) is 7.11 Å². The van der Waals surface area contributed by atoms with E-state index in [4.69, 9.17) is 9.73 Å². The van der Waals surface area contributed by atoms with E-state index in [2.05, 4.69) is 13.8 Å². The number of ketones is 1. The Balaban J connectivity index is 1.74. The van der Waals surface area contributed by atoms with Crippen LogP contribution < -0.4 is 19.6 Å². The number of rotatable bonds is 3. The molecule has 5 nitrogen and oxygen atoms in total. The monoisotopic (exact) mass is 458 g/mol. The molecule has 0 saturated carbocycles. The number of methoxy groups -OCH3 is 1. The number of hydrogen-bond donors (Lipinski definition) is 0. The van der Waals surface area contributed by atoms with E-state index in [1.807, 2.05) is 61.5 Å². The Bertz CT molecular complexity index is 1460. The van der Waals surface area contributed by atoms with Gasteiger partial charge in [0.05, 0.1) is 23.4 Å². The summed E-state index contributed by atoms with van der Waals surface area (Å²) in [5, 5.41) is 0. The summed E-state index contributed by atoms with van der Waals surface area (Å²) >= 11 is 1.38. The Labute approximate surface area is 196 Å². The molecule has 2 aromatic carbocycles. The molecule has 1 atom stereocenters. The van der Waals surface area contributed by atoms with Crippen LogP contribution in [0.5, 0.6) is 5.75 Å². The number of nitrogens with zero attached hydrogens (tertiary/aromatic N) is 2. The fourth-order valence-electron chi connectivity index (χ4n) is 4.66. The molecule has 0 fully saturated rings. The highest BCUT2D eigenvalue weighted by Crippen LogP contribution is 2.43. The molecule has 2 aliphatic rings. The Morgan fingerprint density at radius 1 is 1.06 bits per heavy atom. The molecule has 1 aliphatic carbocycles. The molecule has 2 heterocycles. The summed E-state index contributed by atoms with van der Waals surface area (Å²) in [5.41, 5.74) is 4.20. The summed E-state index contributed by atoms with van der Waals surface area (Å²) in [7, 11) is 1.62. The van der Waals surface area contributed by atoms with Gasteiger partial charge in [0.15, 0.2) is 10.6 Å². The minimum absolute atomic E-state index is 0.0682. The highest BCUT2D eigenvalue weighted by molar-refractivity contribution is 7.07. The van der Waals surface area contributed by atoms with Crippen LogP contribution in [-0.2, 0) is 4.79 Å². The zero-order valence-electron chi connectivity index (χ0n) is 19.2. The normalized spacial score (nSPS) is 19.7. The largest absolute Gasteiger partial charge is 0.497 e. The summed E-state index contributed by atoms with van der Waals surface area (Å²) in [6, 6.07) is 15.2. The van der Waals surface area contributed by atoms with E-state index in [0.717, 1.165) is 22.6 Å². The van der Waals surface area contributed by atoms with Crippen molar-refractivity contribution < 1.29 is 9.53 Å². The molecule has 5 rings (SSSR count). The highest BCUT2D eigenvalue weighted by Gasteiger charge is 2.40. The number of carbonyl (C=O) groups is 1. The van der Waals surface area contributed by atoms with Gasteiger partial charge in [0.25, 0.3) is 5.56 Å². The number of fused-ring (bicyclic) bond motifs is 1. The lowest BCUT2D eigenvalue weighted by molar-refractivity contribution is -0.118. The van der Waals surface area contributed by atoms with E-state index >= 15 is 0 Å². The second-order valence-corrected chi connectivity index (χ2v) is 10.6. The molecule has 0 spiro atoms.